The fourth-order valence-electron chi connectivity index (χ4n) is 1.46. The molecule has 0 radical (unpaired) electrons. The van der Waals surface area contributed by atoms with Gasteiger partial charge in [-0.2, -0.15) is 0 Å². The van der Waals surface area contributed by atoms with E-state index in [2.05, 4.69) is 5.32 Å². The molecular formula is C13H18ClNO3. The third-order valence-electron chi connectivity index (χ3n) is 2.43. The van der Waals surface area contributed by atoms with Crippen molar-refractivity contribution < 1.29 is 14.6 Å². The van der Waals surface area contributed by atoms with Crippen molar-refractivity contribution in [2.75, 3.05) is 19.8 Å². The molecule has 0 spiro atoms. The highest BCUT2D eigenvalue weighted by Gasteiger charge is 2.12. The van der Waals surface area contributed by atoms with Crippen molar-refractivity contribution in [3.63, 3.8) is 0 Å². The van der Waals surface area contributed by atoms with Crippen LogP contribution in [0.5, 0.6) is 0 Å². The maximum Gasteiger partial charge on any atom is 0.222 e. The number of hydrogen-bond acceptors (Lipinski definition) is 3. The van der Waals surface area contributed by atoms with Gasteiger partial charge in [0.2, 0.25) is 5.91 Å². The van der Waals surface area contributed by atoms with Gasteiger partial charge in [-0.15, -0.1) is 0 Å². The van der Waals surface area contributed by atoms with Gasteiger partial charge in [0, 0.05) is 30.2 Å². The van der Waals surface area contributed by atoms with E-state index >= 15 is 0 Å². The molecule has 0 heterocycles. The normalized spacial score (nSPS) is 12.2. The van der Waals surface area contributed by atoms with E-state index in [9.17, 15) is 9.90 Å². The number of aliphatic hydroxyl groups excluding tert-OH is 1. The van der Waals surface area contributed by atoms with Gasteiger partial charge in [0.1, 0.15) is 0 Å². The summed E-state index contributed by atoms with van der Waals surface area (Å²) >= 11 is 5.94. The second-order valence-electron chi connectivity index (χ2n) is 3.79. The van der Waals surface area contributed by atoms with Gasteiger partial charge in [0.05, 0.1) is 12.7 Å². The molecule has 100 valence electrons. The zero-order chi connectivity index (χ0) is 13.4. The lowest BCUT2D eigenvalue weighted by molar-refractivity contribution is -0.122. The van der Waals surface area contributed by atoms with E-state index in [1.54, 1.807) is 24.3 Å². The Hall–Kier alpha value is -1.10. The van der Waals surface area contributed by atoms with Gasteiger partial charge in [-0.25, -0.2) is 0 Å². The first-order chi connectivity index (χ1) is 8.65. The van der Waals surface area contributed by atoms with Crippen molar-refractivity contribution in [3.8, 4) is 0 Å². The first-order valence-electron chi connectivity index (χ1n) is 5.92. The van der Waals surface area contributed by atoms with Gasteiger partial charge >= 0.3 is 0 Å². The van der Waals surface area contributed by atoms with Crippen LogP contribution in [0, 0.1) is 0 Å². The summed E-state index contributed by atoms with van der Waals surface area (Å²) < 4.78 is 5.07. The average molecular weight is 272 g/mol. The van der Waals surface area contributed by atoms with E-state index in [0.717, 1.165) is 0 Å². The summed E-state index contributed by atoms with van der Waals surface area (Å²) in [6, 6.07) is 7.02. The molecule has 4 nitrogen and oxygen atoms in total. The van der Waals surface area contributed by atoms with E-state index in [-0.39, 0.29) is 12.5 Å². The van der Waals surface area contributed by atoms with E-state index < -0.39 is 6.10 Å². The van der Waals surface area contributed by atoms with Crippen LogP contribution in [0.3, 0.4) is 0 Å². The molecule has 5 heteroatoms. The van der Waals surface area contributed by atoms with Gasteiger partial charge in [-0.1, -0.05) is 29.8 Å². The molecule has 1 aromatic rings. The Bertz CT molecular complexity index is 384. The third kappa shape index (κ3) is 5.04. The van der Waals surface area contributed by atoms with E-state index in [1.165, 1.54) is 0 Å². The predicted octanol–water partition coefficient (Wildman–Crippen LogP) is 1.92. The van der Waals surface area contributed by atoms with Crippen molar-refractivity contribution in [2.45, 2.75) is 19.4 Å². The van der Waals surface area contributed by atoms with Crippen LogP contribution in [0.25, 0.3) is 0 Å². The number of hydrogen-bond donors (Lipinski definition) is 2. The Morgan fingerprint density at radius 2 is 2.22 bits per heavy atom. The molecule has 0 aromatic heterocycles. The van der Waals surface area contributed by atoms with Crippen LogP contribution in [0.1, 0.15) is 25.0 Å². The quantitative estimate of drug-likeness (QED) is 0.745. The molecule has 0 aliphatic rings. The maximum absolute atomic E-state index is 11.4. The van der Waals surface area contributed by atoms with Gasteiger partial charge < -0.3 is 15.2 Å². The summed E-state index contributed by atoms with van der Waals surface area (Å²) in [6.45, 7) is 3.01. The van der Waals surface area contributed by atoms with Crippen LogP contribution in [0.15, 0.2) is 24.3 Å². The molecule has 0 saturated carbocycles. The molecular weight excluding hydrogens is 254 g/mol. The van der Waals surface area contributed by atoms with Gasteiger partial charge in [-0.3, -0.25) is 4.79 Å². The summed E-state index contributed by atoms with van der Waals surface area (Å²) in [5, 5.41) is 13.0. The molecule has 1 atom stereocenters. The molecule has 1 amide bonds. The number of ether oxygens (including phenoxy) is 1. The van der Waals surface area contributed by atoms with E-state index in [4.69, 9.17) is 16.3 Å². The van der Waals surface area contributed by atoms with Crippen LogP contribution in [-0.4, -0.2) is 30.8 Å². The summed E-state index contributed by atoms with van der Waals surface area (Å²) in [7, 11) is 0. The molecule has 1 rings (SSSR count). The smallest absolute Gasteiger partial charge is 0.222 e. The zero-order valence-corrected chi connectivity index (χ0v) is 11.1. The number of rotatable bonds is 7. The molecule has 0 aliphatic heterocycles. The Labute approximate surface area is 112 Å². The van der Waals surface area contributed by atoms with Gasteiger partial charge in [0.25, 0.3) is 0 Å². The highest BCUT2D eigenvalue weighted by atomic mass is 35.5. The fourth-order valence-corrected chi connectivity index (χ4v) is 1.73. The summed E-state index contributed by atoms with van der Waals surface area (Å²) in [6.07, 6.45) is -0.502. The highest BCUT2D eigenvalue weighted by Crippen LogP contribution is 2.21. The molecule has 0 saturated heterocycles. The van der Waals surface area contributed by atoms with Crippen molar-refractivity contribution in [2.24, 2.45) is 0 Å². The predicted molar refractivity (Wildman–Crippen MR) is 70.5 cm³/mol. The number of carbonyl (C=O) groups excluding carboxylic acids is 1. The van der Waals surface area contributed by atoms with E-state index in [0.29, 0.717) is 30.2 Å². The Balaban J connectivity index is 2.35. The summed E-state index contributed by atoms with van der Waals surface area (Å²) in [4.78, 5) is 11.4. The number of carbonyl (C=O) groups is 1. The van der Waals surface area contributed by atoms with Crippen molar-refractivity contribution in [1.82, 2.24) is 5.32 Å². The minimum absolute atomic E-state index is 0.144. The highest BCUT2D eigenvalue weighted by molar-refractivity contribution is 6.31. The number of amides is 1. The molecule has 0 fully saturated rings. The monoisotopic (exact) mass is 271 g/mol. The van der Waals surface area contributed by atoms with Crippen LogP contribution in [0.2, 0.25) is 5.02 Å². The lowest BCUT2D eigenvalue weighted by Gasteiger charge is -2.13. The van der Waals surface area contributed by atoms with Gasteiger partial charge in [0.15, 0.2) is 0 Å². The number of halogens is 1. The second kappa shape index (κ2) is 8.08. The molecule has 1 aromatic carbocycles. The second-order valence-corrected chi connectivity index (χ2v) is 4.20. The fraction of sp³-hybridized carbons (Fsp3) is 0.462. The lowest BCUT2D eigenvalue weighted by Crippen LogP contribution is -2.29. The molecule has 0 aliphatic carbocycles. The molecule has 18 heavy (non-hydrogen) atoms. The van der Waals surface area contributed by atoms with E-state index in [1.807, 2.05) is 6.92 Å². The minimum Gasteiger partial charge on any atom is -0.387 e. The van der Waals surface area contributed by atoms with Crippen LogP contribution >= 0.6 is 11.6 Å². The lowest BCUT2D eigenvalue weighted by atomic mass is 10.1. The third-order valence-corrected chi connectivity index (χ3v) is 2.78. The standard InChI is InChI=1S/C13H18ClNO3/c1-2-18-8-7-13(17)15-9-12(16)10-5-3-4-6-11(10)14/h3-6,12,16H,2,7-9H2,1H3,(H,15,17). The van der Waals surface area contributed by atoms with Crippen LogP contribution < -0.4 is 5.32 Å². The average Bonchev–Trinajstić information content (AvgIpc) is 2.37. The SMILES string of the molecule is CCOCCC(=O)NCC(O)c1ccccc1Cl. The number of nitrogens with one attached hydrogen (secondary N) is 1. The first kappa shape index (κ1) is 15.0. The Kier molecular flexibility index (Phi) is 6.72. The molecule has 0 bridgehead atoms. The summed E-state index contributed by atoms with van der Waals surface area (Å²) in [5.41, 5.74) is 0.615. The van der Waals surface area contributed by atoms with Crippen molar-refractivity contribution in [3.05, 3.63) is 34.9 Å². The topological polar surface area (TPSA) is 58.6 Å². The number of aliphatic hydroxyl groups is 1. The Morgan fingerprint density at radius 1 is 1.50 bits per heavy atom. The molecule has 1 unspecified atom stereocenters. The van der Waals surface area contributed by atoms with Crippen molar-refractivity contribution >= 4 is 17.5 Å². The minimum atomic E-state index is -0.797. The Morgan fingerprint density at radius 3 is 2.89 bits per heavy atom. The number of benzene rings is 1. The summed E-state index contributed by atoms with van der Waals surface area (Å²) in [5.74, 6) is -0.144. The van der Waals surface area contributed by atoms with Crippen LogP contribution in [0.4, 0.5) is 0 Å². The maximum atomic E-state index is 11.4. The first-order valence-corrected chi connectivity index (χ1v) is 6.30. The van der Waals surface area contributed by atoms with Crippen molar-refractivity contribution in [1.29, 1.82) is 0 Å². The largest absolute Gasteiger partial charge is 0.387 e. The van der Waals surface area contributed by atoms with Crippen LogP contribution in [-0.2, 0) is 9.53 Å². The van der Waals surface area contributed by atoms with Gasteiger partial charge in [-0.05, 0) is 13.0 Å². The molecule has 2 N–H and O–H groups in total. The zero-order valence-electron chi connectivity index (χ0n) is 10.4.